The Balaban J connectivity index is 1.41. The van der Waals surface area contributed by atoms with Crippen molar-refractivity contribution in [2.75, 3.05) is 13.1 Å². The molecule has 0 saturated carbocycles. The zero-order valence-electron chi connectivity index (χ0n) is 16.4. The summed E-state index contributed by atoms with van der Waals surface area (Å²) in [5.41, 5.74) is 1.96. The molecule has 1 heterocycles. The van der Waals surface area contributed by atoms with Crippen LogP contribution >= 0.6 is 0 Å². The highest BCUT2D eigenvalue weighted by Crippen LogP contribution is 2.16. The molecule has 0 fully saturated rings. The van der Waals surface area contributed by atoms with Crippen molar-refractivity contribution in [3.63, 3.8) is 0 Å². The topological polar surface area (TPSA) is 93.1 Å². The highest BCUT2D eigenvalue weighted by Gasteiger charge is 2.16. The van der Waals surface area contributed by atoms with Crippen LogP contribution in [0.2, 0.25) is 0 Å². The van der Waals surface area contributed by atoms with Crippen LogP contribution in [-0.4, -0.2) is 37.0 Å². The highest BCUT2D eigenvalue weighted by molar-refractivity contribution is 7.89. The SMILES string of the molecule is Cc1nc2ccccc2n1CCCNC(=O)CCNS(=O)(=O)c1ccc(F)c(F)c1. The third-order valence-electron chi connectivity index (χ3n) is 4.57. The number of carbonyl (C=O) groups is 1. The fourth-order valence-corrected chi connectivity index (χ4v) is 4.10. The first-order valence-corrected chi connectivity index (χ1v) is 10.9. The number of aryl methyl sites for hydroxylation is 2. The largest absolute Gasteiger partial charge is 0.356 e. The summed E-state index contributed by atoms with van der Waals surface area (Å²) in [5, 5.41) is 2.74. The molecule has 0 saturated heterocycles. The van der Waals surface area contributed by atoms with E-state index in [4.69, 9.17) is 0 Å². The number of rotatable bonds is 9. The average molecular weight is 436 g/mol. The summed E-state index contributed by atoms with van der Waals surface area (Å²) in [6, 6.07) is 10.1. The number of nitrogens with zero attached hydrogens (tertiary/aromatic N) is 2. The number of hydrogen-bond acceptors (Lipinski definition) is 4. The maximum Gasteiger partial charge on any atom is 0.240 e. The van der Waals surface area contributed by atoms with Gasteiger partial charge in [0.15, 0.2) is 11.6 Å². The van der Waals surface area contributed by atoms with Crippen molar-refractivity contribution in [2.24, 2.45) is 0 Å². The molecule has 1 aromatic heterocycles. The van der Waals surface area contributed by atoms with Gasteiger partial charge in [0.2, 0.25) is 15.9 Å². The van der Waals surface area contributed by atoms with Crippen molar-refractivity contribution in [1.82, 2.24) is 19.6 Å². The second-order valence-electron chi connectivity index (χ2n) is 6.73. The molecule has 3 aromatic rings. The first-order valence-electron chi connectivity index (χ1n) is 9.41. The number of hydrogen-bond donors (Lipinski definition) is 2. The standard InChI is InChI=1S/C20H22F2N4O3S/c1-14-25-18-5-2-3-6-19(18)26(14)12-4-10-23-20(27)9-11-24-30(28,29)15-7-8-16(21)17(22)13-15/h2-3,5-8,13,24H,4,9-12H2,1H3,(H,23,27). The number of aromatic nitrogens is 2. The fraction of sp³-hybridized carbons (Fsp3) is 0.300. The summed E-state index contributed by atoms with van der Waals surface area (Å²) in [4.78, 5) is 16.0. The molecule has 0 radical (unpaired) electrons. The van der Waals surface area contributed by atoms with Crippen LogP contribution in [0.25, 0.3) is 11.0 Å². The number of nitrogens with one attached hydrogen (secondary N) is 2. The van der Waals surface area contributed by atoms with Crippen LogP contribution in [0.5, 0.6) is 0 Å². The van der Waals surface area contributed by atoms with Crippen LogP contribution in [-0.2, 0) is 21.4 Å². The Morgan fingerprint density at radius 3 is 2.63 bits per heavy atom. The minimum absolute atomic E-state index is 0.0735. The lowest BCUT2D eigenvalue weighted by atomic mass is 10.3. The van der Waals surface area contributed by atoms with Crippen LogP contribution in [0, 0.1) is 18.6 Å². The van der Waals surface area contributed by atoms with Crippen molar-refractivity contribution in [2.45, 2.75) is 31.2 Å². The van der Waals surface area contributed by atoms with E-state index in [-0.39, 0.29) is 18.9 Å². The van der Waals surface area contributed by atoms with Crippen LogP contribution < -0.4 is 10.0 Å². The summed E-state index contributed by atoms with van der Waals surface area (Å²) in [5.74, 6) is -1.80. The van der Waals surface area contributed by atoms with E-state index < -0.39 is 26.6 Å². The smallest absolute Gasteiger partial charge is 0.240 e. The van der Waals surface area contributed by atoms with E-state index in [0.717, 1.165) is 29.0 Å². The van der Waals surface area contributed by atoms with E-state index in [0.29, 0.717) is 25.6 Å². The Morgan fingerprint density at radius 1 is 1.10 bits per heavy atom. The molecule has 0 atom stereocenters. The van der Waals surface area contributed by atoms with Gasteiger partial charge >= 0.3 is 0 Å². The van der Waals surface area contributed by atoms with Gasteiger partial charge in [-0.05, 0) is 43.7 Å². The van der Waals surface area contributed by atoms with E-state index in [2.05, 4.69) is 19.6 Å². The second kappa shape index (κ2) is 9.31. The van der Waals surface area contributed by atoms with Gasteiger partial charge in [-0.1, -0.05) is 12.1 Å². The van der Waals surface area contributed by atoms with Crippen molar-refractivity contribution < 1.29 is 22.0 Å². The number of carbonyl (C=O) groups excluding carboxylic acids is 1. The Morgan fingerprint density at radius 2 is 1.87 bits per heavy atom. The Hall–Kier alpha value is -2.85. The number of benzene rings is 2. The molecule has 0 aliphatic carbocycles. The normalized spacial score (nSPS) is 11.7. The number of para-hydroxylation sites is 2. The molecule has 0 unspecified atom stereocenters. The molecule has 7 nitrogen and oxygen atoms in total. The molecule has 2 aromatic carbocycles. The molecule has 2 N–H and O–H groups in total. The quantitative estimate of drug-likeness (QED) is 0.504. The van der Waals surface area contributed by atoms with Crippen LogP contribution in [0.4, 0.5) is 8.78 Å². The number of sulfonamides is 1. The number of amides is 1. The predicted molar refractivity (Wildman–Crippen MR) is 108 cm³/mol. The Labute approximate surface area is 173 Å². The van der Waals surface area contributed by atoms with Crippen LogP contribution in [0.1, 0.15) is 18.7 Å². The molecule has 0 bridgehead atoms. The number of fused-ring (bicyclic) bond motifs is 1. The van der Waals surface area contributed by atoms with Crippen LogP contribution in [0.15, 0.2) is 47.4 Å². The summed E-state index contributed by atoms with van der Waals surface area (Å²) >= 11 is 0. The average Bonchev–Trinajstić information content (AvgIpc) is 3.02. The zero-order valence-corrected chi connectivity index (χ0v) is 17.2. The van der Waals surface area contributed by atoms with E-state index in [9.17, 15) is 22.0 Å². The minimum atomic E-state index is -4.02. The third-order valence-corrected chi connectivity index (χ3v) is 6.03. The third kappa shape index (κ3) is 5.19. The molecular formula is C20H22F2N4O3S. The van der Waals surface area contributed by atoms with E-state index in [1.165, 1.54) is 0 Å². The Kier molecular flexibility index (Phi) is 6.78. The summed E-state index contributed by atoms with van der Waals surface area (Å²) in [7, 11) is -4.02. The van der Waals surface area contributed by atoms with Gasteiger partial charge in [0.25, 0.3) is 0 Å². The minimum Gasteiger partial charge on any atom is -0.356 e. The lowest BCUT2D eigenvalue weighted by molar-refractivity contribution is -0.120. The summed E-state index contributed by atoms with van der Waals surface area (Å²) < 4.78 is 54.6. The van der Waals surface area contributed by atoms with Crippen molar-refractivity contribution in [3.05, 3.63) is 59.9 Å². The lowest BCUT2D eigenvalue weighted by Gasteiger charge is -2.09. The van der Waals surface area contributed by atoms with Gasteiger partial charge in [-0.3, -0.25) is 4.79 Å². The molecule has 3 rings (SSSR count). The maximum atomic E-state index is 13.2. The van der Waals surface area contributed by atoms with Gasteiger partial charge in [0.1, 0.15) is 5.82 Å². The second-order valence-corrected chi connectivity index (χ2v) is 8.49. The summed E-state index contributed by atoms with van der Waals surface area (Å²) in [6.07, 6.45) is 0.615. The van der Waals surface area contributed by atoms with Crippen LogP contribution in [0.3, 0.4) is 0 Å². The molecule has 30 heavy (non-hydrogen) atoms. The van der Waals surface area contributed by atoms with Gasteiger partial charge < -0.3 is 9.88 Å². The fourth-order valence-electron chi connectivity index (χ4n) is 3.06. The van der Waals surface area contributed by atoms with Crippen molar-refractivity contribution >= 4 is 27.0 Å². The molecule has 0 aliphatic rings. The van der Waals surface area contributed by atoms with E-state index in [1.54, 1.807) is 0 Å². The molecule has 160 valence electrons. The van der Waals surface area contributed by atoms with Gasteiger partial charge in [-0.15, -0.1) is 0 Å². The molecule has 1 amide bonds. The van der Waals surface area contributed by atoms with E-state index >= 15 is 0 Å². The van der Waals surface area contributed by atoms with E-state index in [1.807, 2.05) is 31.2 Å². The molecule has 0 aliphatic heterocycles. The number of halogens is 2. The lowest BCUT2D eigenvalue weighted by Crippen LogP contribution is -2.31. The van der Waals surface area contributed by atoms with Gasteiger partial charge in [-0.2, -0.15) is 0 Å². The molecule has 10 heteroatoms. The maximum absolute atomic E-state index is 13.2. The van der Waals surface area contributed by atoms with Gasteiger partial charge in [0.05, 0.1) is 15.9 Å². The monoisotopic (exact) mass is 436 g/mol. The summed E-state index contributed by atoms with van der Waals surface area (Å²) in [6.45, 7) is 2.90. The predicted octanol–water partition coefficient (Wildman–Crippen LogP) is 2.50. The van der Waals surface area contributed by atoms with Gasteiger partial charge in [-0.25, -0.2) is 26.9 Å². The highest BCUT2D eigenvalue weighted by atomic mass is 32.2. The Bertz CT molecular complexity index is 1160. The first-order chi connectivity index (χ1) is 14.3. The zero-order chi connectivity index (χ0) is 21.7. The number of imidazole rings is 1. The molecular weight excluding hydrogens is 414 g/mol. The first kappa shape index (κ1) is 21.8. The van der Waals surface area contributed by atoms with Crippen molar-refractivity contribution in [3.8, 4) is 0 Å². The molecule has 0 spiro atoms. The van der Waals surface area contributed by atoms with Gasteiger partial charge in [0, 0.05) is 26.1 Å². The van der Waals surface area contributed by atoms with Crippen molar-refractivity contribution in [1.29, 1.82) is 0 Å².